The number of carbonyl (C=O) groups excluding carboxylic acids is 1. The molecular formula is C23H31F3N4O4. The first kappa shape index (κ1) is 27.2. The Kier molecular flexibility index (Phi) is 9.48. The molecule has 0 radical (unpaired) electrons. The van der Waals surface area contributed by atoms with Crippen molar-refractivity contribution in [2.45, 2.75) is 58.5 Å². The molecular weight excluding hydrogens is 453 g/mol. The lowest BCUT2D eigenvalue weighted by Crippen LogP contribution is -2.33. The molecule has 0 atom stereocenters. The first-order chi connectivity index (χ1) is 15.9. The van der Waals surface area contributed by atoms with E-state index in [2.05, 4.69) is 35.3 Å². The van der Waals surface area contributed by atoms with Gasteiger partial charge in [0.15, 0.2) is 0 Å². The summed E-state index contributed by atoms with van der Waals surface area (Å²) in [6.07, 6.45) is -1.81. The molecule has 1 N–H and O–H groups in total. The van der Waals surface area contributed by atoms with E-state index in [9.17, 15) is 18.0 Å². The molecule has 1 aromatic carbocycles. The summed E-state index contributed by atoms with van der Waals surface area (Å²) in [6.45, 7) is 7.49. The molecule has 2 heterocycles. The number of imidazole rings is 1. The number of methoxy groups -OCH3 is 1. The number of nitrogens with zero attached hydrogens (tertiary/aromatic N) is 4. The number of carbonyl (C=O) groups is 2. The van der Waals surface area contributed by atoms with E-state index in [0.29, 0.717) is 19.0 Å². The van der Waals surface area contributed by atoms with Gasteiger partial charge < -0.3 is 19.3 Å². The Hall–Kier alpha value is -3.08. The standard InChI is InChI=1S/C21H30N4O2.C2HF3O2/c1-16(2)23(3)13-19-20-14-24(9-6-10-25(20)15-22-19)21(26)12-17-7-5-8-18(11-17)27-4;3-2(4,5)1(6)7/h5,7-8,11,15-16H,6,9-10,12-14H2,1-4H3;(H,6,7). The van der Waals surface area contributed by atoms with Crippen LogP contribution in [0.5, 0.6) is 5.75 Å². The van der Waals surface area contributed by atoms with Gasteiger partial charge in [-0.3, -0.25) is 9.69 Å². The zero-order chi connectivity index (χ0) is 25.5. The highest BCUT2D eigenvalue weighted by atomic mass is 19.4. The molecule has 1 aliphatic rings. The lowest BCUT2D eigenvalue weighted by Gasteiger charge is -2.23. The summed E-state index contributed by atoms with van der Waals surface area (Å²) in [5, 5.41) is 7.12. The molecule has 0 saturated carbocycles. The number of fused-ring (bicyclic) bond motifs is 1. The van der Waals surface area contributed by atoms with Crippen LogP contribution in [-0.2, 0) is 35.6 Å². The number of amides is 1. The van der Waals surface area contributed by atoms with Crippen LogP contribution in [0, 0.1) is 0 Å². The summed E-state index contributed by atoms with van der Waals surface area (Å²) in [7, 11) is 3.76. The molecule has 0 aliphatic carbocycles. The molecule has 0 unspecified atom stereocenters. The lowest BCUT2D eigenvalue weighted by atomic mass is 10.1. The Morgan fingerprint density at radius 2 is 1.94 bits per heavy atom. The van der Waals surface area contributed by atoms with Gasteiger partial charge in [-0.25, -0.2) is 9.78 Å². The van der Waals surface area contributed by atoms with E-state index in [1.165, 1.54) is 5.69 Å². The topological polar surface area (TPSA) is 87.9 Å². The third-order valence-electron chi connectivity index (χ3n) is 5.57. The Bertz CT molecular complexity index is 975. The number of aryl methyl sites for hydroxylation is 1. The Morgan fingerprint density at radius 1 is 1.26 bits per heavy atom. The summed E-state index contributed by atoms with van der Waals surface area (Å²) in [6, 6.07) is 8.20. The number of aliphatic carboxylic acids is 1. The maximum absolute atomic E-state index is 12.9. The highest BCUT2D eigenvalue weighted by Gasteiger charge is 2.38. The molecule has 0 fully saturated rings. The van der Waals surface area contributed by atoms with Gasteiger partial charge in [0.25, 0.3) is 0 Å². The van der Waals surface area contributed by atoms with Crippen LogP contribution in [-0.4, -0.2) is 69.3 Å². The van der Waals surface area contributed by atoms with Crippen molar-refractivity contribution in [2.24, 2.45) is 0 Å². The second kappa shape index (κ2) is 11.9. The molecule has 188 valence electrons. The lowest BCUT2D eigenvalue weighted by molar-refractivity contribution is -0.192. The van der Waals surface area contributed by atoms with Gasteiger partial charge in [-0.15, -0.1) is 0 Å². The van der Waals surface area contributed by atoms with Crippen LogP contribution in [0.15, 0.2) is 30.6 Å². The minimum Gasteiger partial charge on any atom is -0.497 e. The normalized spacial score (nSPS) is 13.7. The second-order valence-electron chi connectivity index (χ2n) is 8.34. The van der Waals surface area contributed by atoms with Crippen LogP contribution < -0.4 is 4.74 Å². The molecule has 0 saturated heterocycles. The van der Waals surface area contributed by atoms with Crippen LogP contribution in [0.25, 0.3) is 0 Å². The number of rotatable bonds is 6. The molecule has 1 amide bonds. The highest BCUT2D eigenvalue weighted by Crippen LogP contribution is 2.20. The number of halogens is 3. The van der Waals surface area contributed by atoms with E-state index < -0.39 is 12.1 Å². The van der Waals surface area contributed by atoms with E-state index in [0.717, 1.165) is 43.1 Å². The minimum absolute atomic E-state index is 0.154. The maximum atomic E-state index is 12.9. The van der Waals surface area contributed by atoms with Crippen LogP contribution in [0.3, 0.4) is 0 Å². The van der Waals surface area contributed by atoms with Gasteiger partial charge in [0.05, 0.1) is 37.8 Å². The summed E-state index contributed by atoms with van der Waals surface area (Å²) >= 11 is 0. The average Bonchev–Trinajstić information content (AvgIpc) is 3.00. The van der Waals surface area contributed by atoms with Crippen molar-refractivity contribution >= 4 is 11.9 Å². The Morgan fingerprint density at radius 3 is 2.53 bits per heavy atom. The zero-order valence-electron chi connectivity index (χ0n) is 19.8. The Labute approximate surface area is 196 Å². The van der Waals surface area contributed by atoms with E-state index >= 15 is 0 Å². The van der Waals surface area contributed by atoms with E-state index in [1.54, 1.807) is 7.11 Å². The molecule has 1 aliphatic heterocycles. The smallest absolute Gasteiger partial charge is 0.490 e. The fraction of sp³-hybridized carbons (Fsp3) is 0.522. The third-order valence-corrected chi connectivity index (χ3v) is 5.57. The fourth-order valence-electron chi connectivity index (χ4n) is 3.35. The number of carboxylic acid groups (broad SMARTS) is 1. The van der Waals surface area contributed by atoms with Gasteiger partial charge in [-0.1, -0.05) is 12.1 Å². The van der Waals surface area contributed by atoms with Gasteiger partial charge in [0.1, 0.15) is 5.75 Å². The molecule has 1 aromatic heterocycles. The average molecular weight is 485 g/mol. The minimum atomic E-state index is -5.08. The molecule has 11 heteroatoms. The quantitative estimate of drug-likeness (QED) is 0.677. The molecule has 34 heavy (non-hydrogen) atoms. The number of hydrogen-bond acceptors (Lipinski definition) is 5. The van der Waals surface area contributed by atoms with E-state index in [1.807, 2.05) is 35.5 Å². The largest absolute Gasteiger partial charge is 0.497 e. The van der Waals surface area contributed by atoms with Crippen molar-refractivity contribution in [3.63, 3.8) is 0 Å². The number of benzene rings is 1. The van der Waals surface area contributed by atoms with E-state index in [-0.39, 0.29) is 5.91 Å². The van der Waals surface area contributed by atoms with Crippen molar-refractivity contribution in [3.05, 3.63) is 47.5 Å². The molecule has 2 aromatic rings. The van der Waals surface area contributed by atoms with Gasteiger partial charge in [0, 0.05) is 25.7 Å². The first-order valence-corrected chi connectivity index (χ1v) is 10.9. The summed E-state index contributed by atoms with van der Waals surface area (Å²) < 4.78 is 39.2. The first-order valence-electron chi connectivity index (χ1n) is 10.9. The molecule has 8 nitrogen and oxygen atoms in total. The van der Waals surface area contributed by atoms with Crippen molar-refractivity contribution in [2.75, 3.05) is 20.7 Å². The number of alkyl halides is 3. The van der Waals surface area contributed by atoms with Crippen LogP contribution in [0.4, 0.5) is 13.2 Å². The van der Waals surface area contributed by atoms with Crippen molar-refractivity contribution in [3.8, 4) is 5.75 Å². The number of ether oxygens (including phenoxy) is 1. The van der Waals surface area contributed by atoms with Crippen LogP contribution in [0.2, 0.25) is 0 Å². The number of carboxylic acids is 1. The molecule has 0 bridgehead atoms. The second-order valence-corrected chi connectivity index (χ2v) is 8.34. The fourth-order valence-corrected chi connectivity index (χ4v) is 3.35. The van der Waals surface area contributed by atoms with E-state index in [4.69, 9.17) is 14.6 Å². The van der Waals surface area contributed by atoms with Crippen molar-refractivity contribution < 1.29 is 32.6 Å². The van der Waals surface area contributed by atoms with Gasteiger partial charge in [0.2, 0.25) is 5.91 Å². The van der Waals surface area contributed by atoms with Crippen molar-refractivity contribution in [1.29, 1.82) is 0 Å². The van der Waals surface area contributed by atoms with Gasteiger partial charge >= 0.3 is 12.1 Å². The van der Waals surface area contributed by atoms with Crippen molar-refractivity contribution in [1.82, 2.24) is 19.4 Å². The molecule has 0 spiro atoms. The monoisotopic (exact) mass is 484 g/mol. The highest BCUT2D eigenvalue weighted by molar-refractivity contribution is 5.79. The summed E-state index contributed by atoms with van der Waals surface area (Å²) in [5.74, 6) is -1.82. The summed E-state index contributed by atoms with van der Waals surface area (Å²) in [5.41, 5.74) is 3.23. The number of aromatic nitrogens is 2. The Balaban J connectivity index is 0.000000509. The van der Waals surface area contributed by atoms with Gasteiger partial charge in [-0.2, -0.15) is 13.2 Å². The maximum Gasteiger partial charge on any atom is 0.490 e. The predicted octanol–water partition coefficient (Wildman–Crippen LogP) is 3.34. The predicted molar refractivity (Wildman–Crippen MR) is 119 cm³/mol. The van der Waals surface area contributed by atoms with Crippen LogP contribution in [0.1, 0.15) is 37.2 Å². The SMILES string of the molecule is COc1cccc(CC(=O)N2CCCn3cnc(CN(C)C(C)C)c3C2)c1.O=C(O)C(F)(F)F. The summed E-state index contributed by atoms with van der Waals surface area (Å²) in [4.78, 5) is 30.7. The zero-order valence-corrected chi connectivity index (χ0v) is 19.8. The molecule has 3 rings (SSSR count). The van der Waals surface area contributed by atoms with Gasteiger partial charge in [-0.05, 0) is 45.0 Å². The number of hydrogen-bond donors (Lipinski definition) is 1. The van der Waals surface area contributed by atoms with Crippen LogP contribution >= 0.6 is 0 Å². The third kappa shape index (κ3) is 7.75.